The number of benzene rings is 2. The summed E-state index contributed by atoms with van der Waals surface area (Å²) >= 11 is 0. The third-order valence-electron chi connectivity index (χ3n) is 16.0. The molecule has 3 aromatic heterocycles. The van der Waals surface area contributed by atoms with Gasteiger partial charge in [-0.1, -0.05) is 30.4 Å². The van der Waals surface area contributed by atoms with Crippen molar-refractivity contribution in [3.63, 3.8) is 0 Å². The fourth-order valence-corrected chi connectivity index (χ4v) is 11.8. The Morgan fingerprint density at radius 3 is 2.42 bits per heavy atom. The van der Waals surface area contributed by atoms with Crippen LogP contribution in [0.25, 0.3) is 16.9 Å². The molecule has 1 aliphatic carbocycles. The number of aromatic nitrogens is 5. The second kappa shape index (κ2) is 17.5. The smallest absolute Gasteiger partial charge is 0.278 e. The fourth-order valence-electron chi connectivity index (χ4n) is 11.8. The Labute approximate surface area is 390 Å². The summed E-state index contributed by atoms with van der Waals surface area (Å²) in [4.78, 5) is 72.0. The van der Waals surface area contributed by atoms with E-state index in [1.807, 2.05) is 36.4 Å². The maximum absolute atomic E-state index is 13.6. The Hall–Kier alpha value is -6.19. The number of carbonyl (C=O) groups is 3. The quantitative estimate of drug-likeness (QED) is 0.117. The third-order valence-corrected chi connectivity index (χ3v) is 16.0. The van der Waals surface area contributed by atoms with Crippen molar-refractivity contribution < 1.29 is 19.5 Å². The number of hydrogen-bond donors (Lipinski definition) is 3. The number of nitrogens with one attached hydrogen (secondary N) is 2. The molecular formula is C52H60N10O5. The molecule has 2 bridgehead atoms. The van der Waals surface area contributed by atoms with E-state index < -0.39 is 11.6 Å². The van der Waals surface area contributed by atoms with Crippen LogP contribution in [0.4, 0.5) is 17.3 Å². The molecule has 1 spiro atoms. The zero-order valence-electron chi connectivity index (χ0n) is 38.3. The molecule has 1 saturated carbocycles. The summed E-state index contributed by atoms with van der Waals surface area (Å²) in [6.45, 7) is 8.08. The number of imide groups is 1. The van der Waals surface area contributed by atoms with E-state index in [2.05, 4.69) is 61.8 Å². The van der Waals surface area contributed by atoms with E-state index in [0.29, 0.717) is 83.7 Å². The molecule has 5 aliphatic heterocycles. The number of pyridine rings is 1. The van der Waals surface area contributed by atoms with Gasteiger partial charge in [-0.15, -0.1) is 0 Å². The number of piperidine rings is 3. The molecule has 2 aromatic carbocycles. The van der Waals surface area contributed by atoms with Crippen molar-refractivity contribution in [3.05, 3.63) is 112 Å². The van der Waals surface area contributed by atoms with Crippen molar-refractivity contribution in [2.24, 2.45) is 11.3 Å². The second-order valence-electron chi connectivity index (χ2n) is 20.3. The number of hydrogen-bond acceptors (Lipinski definition) is 11. The molecular weight excluding hydrogens is 845 g/mol. The Morgan fingerprint density at radius 2 is 1.64 bits per heavy atom. The van der Waals surface area contributed by atoms with Crippen LogP contribution in [0.1, 0.15) is 117 Å². The van der Waals surface area contributed by atoms with Crippen LogP contribution in [0.15, 0.2) is 83.8 Å². The van der Waals surface area contributed by atoms with Crippen LogP contribution in [-0.2, 0) is 28.3 Å². The van der Waals surface area contributed by atoms with Crippen LogP contribution in [-0.4, -0.2) is 95.7 Å². The summed E-state index contributed by atoms with van der Waals surface area (Å²) in [6.07, 6.45) is 17.2. The summed E-state index contributed by atoms with van der Waals surface area (Å²) in [5, 5.41) is 17.4. The number of nitrogens with zero attached hydrogens (tertiary/aromatic N) is 8. The lowest BCUT2D eigenvalue weighted by Crippen LogP contribution is -2.52. The zero-order valence-corrected chi connectivity index (χ0v) is 38.3. The second-order valence-corrected chi connectivity index (χ2v) is 20.3. The molecule has 3 saturated heterocycles. The molecule has 0 radical (unpaired) electrons. The minimum Gasteiger partial charge on any atom is -0.384 e. The van der Waals surface area contributed by atoms with Crippen LogP contribution in [0, 0.1) is 11.3 Å². The van der Waals surface area contributed by atoms with E-state index >= 15 is 0 Å². The van der Waals surface area contributed by atoms with Crippen molar-refractivity contribution >= 4 is 46.1 Å². The van der Waals surface area contributed by atoms with Gasteiger partial charge in [-0.3, -0.25) is 24.5 Å². The van der Waals surface area contributed by atoms with Gasteiger partial charge in [0, 0.05) is 55.7 Å². The van der Waals surface area contributed by atoms with Crippen molar-refractivity contribution in [2.45, 2.75) is 115 Å². The number of fused-ring (bicyclic) bond motifs is 7. The highest BCUT2D eigenvalue weighted by Gasteiger charge is 2.41. The van der Waals surface area contributed by atoms with Gasteiger partial charge < -0.3 is 25.1 Å². The normalized spacial score (nSPS) is 24.3. The third kappa shape index (κ3) is 8.45. The van der Waals surface area contributed by atoms with Crippen LogP contribution in [0.3, 0.4) is 0 Å². The van der Waals surface area contributed by atoms with Gasteiger partial charge in [0.05, 0.1) is 12.2 Å². The number of amides is 3. The minimum absolute atomic E-state index is 0.121. The molecule has 348 valence electrons. The molecule has 67 heavy (non-hydrogen) atoms. The van der Waals surface area contributed by atoms with E-state index in [9.17, 15) is 24.3 Å². The number of allylic oxidation sites excluding steroid dienone is 2. The average molecular weight is 905 g/mol. The first-order valence-electron chi connectivity index (χ1n) is 24.4. The number of carbonyl (C=O) groups excluding carboxylic acids is 3. The SMILES string of the molecule is C[C@@]1(O)CC/C=C\Cn2c(=O)c3cnc(Nc4ccc(C5CCC6(CC5)CCN(CC5CCN(c7ccc8c(c7)CN(C7CCC(=O)NC7=O)C8=O)CC5)CC6)cc4)nc3n2-c2cccc1n2. The Morgan fingerprint density at radius 1 is 0.851 bits per heavy atom. The molecule has 3 N–H and O–H groups in total. The van der Waals surface area contributed by atoms with Gasteiger partial charge >= 0.3 is 0 Å². The first kappa shape index (κ1) is 43.4. The van der Waals surface area contributed by atoms with Gasteiger partial charge in [-0.2, -0.15) is 4.98 Å². The van der Waals surface area contributed by atoms with Gasteiger partial charge in [-0.05, 0) is 161 Å². The molecule has 8 heterocycles. The largest absolute Gasteiger partial charge is 0.384 e. The van der Waals surface area contributed by atoms with Gasteiger partial charge in [-0.25, -0.2) is 19.3 Å². The highest BCUT2D eigenvalue weighted by Crippen LogP contribution is 2.49. The summed E-state index contributed by atoms with van der Waals surface area (Å²) in [5.74, 6) is 1.38. The average Bonchev–Trinajstić information content (AvgIpc) is 3.81. The standard InChI is InChI=1S/C52H60N10O5/c1-51(67)20-3-2-4-25-61-49(66)41-31-53-50(57-46(41)62(61)44-7-5-6-43(51)55-44)54-38-10-8-35(9-11-38)36-16-21-52(22-17-36)23-28-58(29-24-52)32-34-18-26-59(27-19-34)39-12-13-40-37(30-39)33-60(48(40)65)42-14-15-45(63)56-47(42)64/h2,4-13,30-31,34,36,42,67H,3,14-29,32-33H2,1H3,(H,53,54,57)(H,56,63,64)/b4-2-/t42?,51-/m1/s1. The minimum atomic E-state index is -1.11. The van der Waals surface area contributed by atoms with Gasteiger partial charge in [0.15, 0.2) is 11.5 Å². The molecule has 1 unspecified atom stereocenters. The fraction of sp³-hybridized carbons (Fsp3) is 0.481. The molecule has 3 amide bonds. The molecule has 15 heteroatoms. The molecule has 5 aromatic rings. The van der Waals surface area contributed by atoms with Gasteiger partial charge in [0.1, 0.15) is 17.0 Å². The van der Waals surface area contributed by atoms with Crippen molar-refractivity contribution in [1.29, 1.82) is 0 Å². The number of aliphatic hydroxyl groups is 1. The Balaban J connectivity index is 0.660. The number of rotatable bonds is 7. The van der Waals surface area contributed by atoms with E-state index in [1.165, 1.54) is 63.7 Å². The molecule has 11 rings (SSSR count). The lowest BCUT2D eigenvalue weighted by Gasteiger charge is -2.47. The Bertz CT molecular complexity index is 2810. The maximum Gasteiger partial charge on any atom is 0.278 e. The van der Waals surface area contributed by atoms with E-state index in [1.54, 1.807) is 27.4 Å². The summed E-state index contributed by atoms with van der Waals surface area (Å²) in [7, 11) is 0. The number of anilines is 3. The van der Waals surface area contributed by atoms with E-state index in [0.717, 1.165) is 42.9 Å². The van der Waals surface area contributed by atoms with Crippen LogP contribution >= 0.6 is 0 Å². The predicted octanol–water partition coefficient (Wildman–Crippen LogP) is 6.70. The zero-order chi connectivity index (χ0) is 45.9. The first-order chi connectivity index (χ1) is 32.5. The first-order valence-corrected chi connectivity index (χ1v) is 24.4. The number of likely N-dealkylation sites (tertiary alicyclic amines) is 1. The topological polar surface area (TPSA) is 171 Å². The van der Waals surface area contributed by atoms with Gasteiger partial charge in [0.25, 0.3) is 11.5 Å². The van der Waals surface area contributed by atoms with Crippen molar-refractivity contribution in [1.82, 2.24) is 39.4 Å². The van der Waals surface area contributed by atoms with E-state index in [4.69, 9.17) is 9.97 Å². The maximum atomic E-state index is 13.6. The monoisotopic (exact) mass is 904 g/mol. The summed E-state index contributed by atoms with van der Waals surface area (Å²) in [6, 6.07) is 19.7. The van der Waals surface area contributed by atoms with Crippen LogP contribution in [0.5, 0.6) is 0 Å². The van der Waals surface area contributed by atoms with Crippen molar-refractivity contribution in [3.8, 4) is 5.82 Å². The lowest BCUT2D eigenvalue weighted by molar-refractivity contribution is -0.136. The van der Waals surface area contributed by atoms with Crippen LogP contribution in [0.2, 0.25) is 0 Å². The summed E-state index contributed by atoms with van der Waals surface area (Å²) < 4.78 is 3.36. The molecule has 6 aliphatic rings. The highest BCUT2D eigenvalue weighted by atomic mass is 16.3. The van der Waals surface area contributed by atoms with Gasteiger partial charge in [0.2, 0.25) is 17.8 Å². The molecule has 2 atom stereocenters. The molecule has 4 fully saturated rings. The Kier molecular flexibility index (Phi) is 11.3. The summed E-state index contributed by atoms with van der Waals surface area (Å²) in [5.41, 5.74) is 5.19. The van der Waals surface area contributed by atoms with Crippen LogP contribution < -0.4 is 21.1 Å². The highest BCUT2D eigenvalue weighted by molar-refractivity contribution is 6.05. The predicted molar refractivity (Wildman–Crippen MR) is 255 cm³/mol. The van der Waals surface area contributed by atoms with E-state index in [-0.39, 0.29) is 29.7 Å². The van der Waals surface area contributed by atoms with Crippen molar-refractivity contribution in [2.75, 3.05) is 42.9 Å². The lowest BCUT2D eigenvalue weighted by atomic mass is 9.64. The molecule has 15 nitrogen and oxygen atoms in total.